The Balaban J connectivity index is 1.30. The lowest BCUT2D eigenvalue weighted by Crippen LogP contribution is -2.27. The number of ether oxygens (including phenoxy) is 4. The van der Waals surface area contributed by atoms with E-state index < -0.39 is 6.09 Å². The first-order chi connectivity index (χ1) is 14.8. The molecule has 0 bridgehead atoms. The van der Waals surface area contributed by atoms with Crippen molar-refractivity contribution in [2.75, 3.05) is 52.8 Å². The van der Waals surface area contributed by atoms with Crippen LogP contribution in [0, 0.1) is 0 Å². The fourth-order valence-corrected chi connectivity index (χ4v) is 3.60. The van der Waals surface area contributed by atoms with Gasteiger partial charge in [-0.15, -0.1) is 0 Å². The molecule has 0 radical (unpaired) electrons. The highest BCUT2D eigenvalue weighted by atomic mass is 16.6. The van der Waals surface area contributed by atoms with Crippen LogP contribution in [0.5, 0.6) is 0 Å². The molecule has 0 saturated carbocycles. The Morgan fingerprint density at radius 1 is 0.833 bits per heavy atom. The largest absolute Gasteiger partial charge is 0.449 e. The second-order valence-corrected chi connectivity index (χ2v) is 7.03. The molecule has 162 valence electrons. The van der Waals surface area contributed by atoms with E-state index in [0.29, 0.717) is 52.8 Å². The lowest BCUT2D eigenvalue weighted by molar-refractivity contribution is 0.0165. The van der Waals surface area contributed by atoms with Gasteiger partial charge in [-0.05, 0) is 35.6 Å². The van der Waals surface area contributed by atoms with E-state index in [4.69, 9.17) is 18.9 Å². The smallest absolute Gasteiger partial charge is 0.407 e. The number of alkyl carbamates (subject to hydrolysis) is 1. The van der Waals surface area contributed by atoms with E-state index in [1.807, 2.05) is 31.2 Å². The summed E-state index contributed by atoms with van der Waals surface area (Å²) in [4.78, 5) is 12.1. The third kappa shape index (κ3) is 6.29. The molecule has 0 atom stereocenters. The fraction of sp³-hybridized carbons (Fsp3) is 0.458. The summed E-state index contributed by atoms with van der Waals surface area (Å²) in [5, 5.41) is 2.79. The third-order valence-corrected chi connectivity index (χ3v) is 5.03. The Labute approximate surface area is 178 Å². The van der Waals surface area contributed by atoms with Crippen LogP contribution >= 0.6 is 0 Å². The summed E-state index contributed by atoms with van der Waals surface area (Å²) in [5.74, 6) is 0.0780. The van der Waals surface area contributed by atoms with Crippen molar-refractivity contribution in [2.24, 2.45) is 0 Å². The van der Waals surface area contributed by atoms with E-state index in [-0.39, 0.29) is 5.92 Å². The van der Waals surface area contributed by atoms with Crippen molar-refractivity contribution in [2.45, 2.75) is 19.3 Å². The Morgan fingerprint density at radius 2 is 1.40 bits per heavy atom. The van der Waals surface area contributed by atoms with Gasteiger partial charge in [0.05, 0.1) is 26.4 Å². The predicted molar refractivity (Wildman–Crippen MR) is 116 cm³/mol. The Morgan fingerprint density at radius 3 is 2.03 bits per heavy atom. The molecule has 1 N–H and O–H groups in total. The summed E-state index contributed by atoms with van der Waals surface area (Å²) in [7, 11) is 0. The van der Waals surface area contributed by atoms with Crippen LogP contribution < -0.4 is 5.32 Å². The minimum absolute atomic E-state index is 0.0780. The molecule has 0 heterocycles. The van der Waals surface area contributed by atoms with Crippen molar-refractivity contribution in [3.63, 3.8) is 0 Å². The van der Waals surface area contributed by atoms with Crippen molar-refractivity contribution in [3.05, 3.63) is 59.7 Å². The van der Waals surface area contributed by atoms with Crippen molar-refractivity contribution in [3.8, 4) is 11.1 Å². The Kier molecular flexibility index (Phi) is 9.15. The van der Waals surface area contributed by atoms with Crippen molar-refractivity contribution < 1.29 is 23.7 Å². The Hall–Kier alpha value is -2.41. The number of amides is 1. The van der Waals surface area contributed by atoms with E-state index in [2.05, 4.69) is 29.6 Å². The van der Waals surface area contributed by atoms with E-state index in [1.165, 1.54) is 22.3 Å². The fourth-order valence-electron chi connectivity index (χ4n) is 3.60. The first-order valence-electron chi connectivity index (χ1n) is 10.6. The van der Waals surface area contributed by atoms with Gasteiger partial charge in [-0.2, -0.15) is 0 Å². The molecular weight excluding hydrogens is 382 g/mol. The number of nitrogens with one attached hydrogen (secondary N) is 1. The highest BCUT2D eigenvalue weighted by Gasteiger charge is 2.28. The molecule has 3 rings (SSSR count). The quantitative estimate of drug-likeness (QED) is 0.503. The van der Waals surface area contributed by atoms with Crippen molar-refractivity contribution in [1.29, 1.82) is 0 Å². The van der Waals surface area contributed by atoms with E-state index in [1.54, 1.807) is 0 Å². The van der Waals surface area contributed by atoms with Crippen LogP contribution in [-0.2, 0) is 18.9 Å². The summed E-state index contributed by atoms with van der Waals surface area (Å²) in [6, 6.07) is 16.6. The number of hydrogen-bond acceptors (Lipinski definition) is 5. The topological polar surface area (TPSA) is 66.0 Å². The number of fused-ring (bicyclic) bond motifs is 3. The van der Waals surface area contributed by atoms with Crippen LogP contribution in [0.2, 0.25) is 0 Å². The van der Waals surface area contributed by atoms with Gasteiger partial charge in [0, 0.05) is 25.7 Å². The second kappa shape index (κ2) is 12.3. The molecule has 0 aromatic heterocycles. The molecule has 1 aliphatic carbocycles. The van der Waals surface area contributed by atoms with Gasteiger partial charge in [0.15, 0.2) is 0 Å². The molecule has 0 unspecified atom stereocenters. The molecule has 0 fully saturated rings. The second-order valence-electron chi connectivity index (χ2n) is 7.03. The summed E-state index contributed by atoms with van der Waals surface area (Å²) < 4.78 is 21.5. The summed E-state index contributed by atoms with van der Waals surface area (Å²) >= 11 is 0. The van der Waals surface area contributed by atoms with E-state index in [9.17, 15) is 4.79 Å². The number of hydrogen-bond donors (Lipinski definition) is 1. The van der Waals surface area contributed by atoms with Crippen LogP contribution in [0.15, 0.2) is 48.5 Å². The van der Waals surface area contributed by atoms with Crippen LogP contribution in [0.3, 0.4) is 0 Å². The van der Waals surface area contributed by atoms with E-state index >= 15 is 0 Å². The van der Waals surface area contributed by atoms with Gasteiger partial charge in [0.2, 0.25) is 0 Å². The minimum Gasteiger partial charge on any atom is -0.449 e. The van der Waals surface area contributed by atoms with Gasteiger partial charge >= 0.3 is 6.09 Å². The van der Waals surface area contributed by atoms with Crippen LogP contribution in [0.1, 0.15) is 30.4 Å². The average Bonchev–Trinajstić information content (AvgIpc) is 3.10. The van der Waals surface area contributed by atoms with Gasteiger partial charge in [-0.3, -0.25) is 0 Å². The number of carbonyl (C=O) groups is 1. The van der Waals surface area contributed by atoms with Gasteiger partial charge in [-0.25, -0.2) is 4.79 Å². The lowest BCUT2D eigenvalue weighted by atomic mass is 9.98. The molecule has 1 amide bonds. The predicted octanol–water partition coefficient (Wildman–Crippen LogP) is 3.98. The third-order valence-electron chi connectivity index (χ3n) is 5.03. The monoisotopic (exact) mass is 413 g/mol. The zero-order chi connectivity index (χ0) is 21.0. The average molecular weight is 414 g/mol. The minimum atomic E-state index is -0.392. The molecule has 30 heavy (non-hydrogen) atoms. The summed E-state index contributed by atoms with van der Waals surface area (Å²) in [6.45, 7) is 6.36. The maximum Gasteiger partial charge on any atom is 0.407 e. The first-order valence-corrected chi connectivity index (χ1v) is 10.6. The molecule has 1 aliphatic rings. The zero-order valence-electron chi connectivity index (χ0n) is 17.6. The number of carbonyl (C=O) groups excluding carboxylic acids is 1. The lowest BCUT2D eigenvalue weighted by Gasteiger charge is -2.14. The van der Waals surface area contributed by atoms with Gasteiger partial charge in [-0.1, -0.05) is 48.5 Å². The van der Waals surface area contributed by atoms with Gasteiger partial charge in [0.25, 0.3) is 0 Å². The Bertz CT molecular complexity index is 749. The van der Waals surface area contributed by atoms with Crippen LogP contribution in [0.4, 0.5) is 4.79 Å². The number of rotatable bonds is 13. The van der Waals surface area contributed by atoms with Gasteiger partial charge in [0.1, 0.15) is 6.61 Å². The maximum atomic E-state index is 12.1. The highest BCUT2D eigenvalue weighted by molar-refractivity contribution is 5.79. The van der Waals surface area contributed by atoms with Crippen LogP contribution in [0.25, 0.3) is 11.1 Å². The first kappa shape index (κ1) is 22.3. The summed E-state index contributed by atoms with van der Waals surface area (Å²) in [5.41, 5.74) is 4.87. The number of benzene rings is 2. The molecule has 0 spiro atoms. The summed E-state index contributed by atoms with van der Waals surface area (Å²) in [6.07, 6.45) is 0.333. The molecule has 2 aromatic carbocycles. The standard InChI is InChI=1S/C24H31NO5/c1-2-27-14-15-29-17-16-28-13-7-12-25-24(26)30-18-23-21-10-5-3-8-19(21)20-9-4-6-11-22(20)23/h3-6,8-11,23H,2,7,12-18H2,1H3,(H,25,26). The molecule has 6 nitrogen and oxygen atoms in total. The normalized spacial score (nSPS) is 12.4. The van der Waals surface area contributed by atoms with Gasteiger partial charge < -0.3 is 24.3 Å². The molecular formula is C24H31NO5. The molecule has 6 heteroatoms. The van der Waals surface area contributed by atoms with Crippen molar-refractivity contribution >= 4 is 6.09 Å². The van der Waals surface area contributed by atoms with Crippen molar-refractivity contribution in [1.82, 2.24) is 5.32 Å². The highest BCUT2D eigenvalue weighted by Crippen LogP contribution is 2.44. The SMILES string of the molecule is CCOCCOCCOCCCNC(=O)OCC1c2ccccc2-c2ccccc21. The molecule has 0 saturated heterocycles. The van der Waals surface area contributed by atoms with Crippen LogP contribution in [-0.4, -0.2) is 58.9 Å². The van der Waals surface area contributed by atoms with E-state index in [0.717, 1.165) is 6.42 Å². The maximum absolute atomic E-state index is 12.1. The molecule has 0 aliphatic heterocycles. The zero-order valence-corrected chi connectivity index (χ0v) is 17.6. The molecule has 2 aromatic rings.